The Balaban J connectivity index is 2.09. The normalized spacial score (nSPS) is 19.9. The van der Waals surface area contributed by atoms with E-state index in [0.29, 0.717) is 23.2 Å². The van der Waals surface area contributed by atoms with E-state index >= 15 is 0 Å². The summed E-state index contributed by atoms with van der Waals surface area (Å²) in [5.41, 5.74) is 0.593. The molecule has 1 aliphatic rings. The number of allylic oxidation sites excluding steroid dienone is 1. The van der Waals surface area contributed by atoms with E-state index in [4.69, 9.17) is 11.6 Å². The molecule has 0 radical (unpaired) electrons. The van der Waals surface area contributed by atoms with E-state index in [1.165, 1.54) is 12.5 Å². The molecule has 1 unspecified atom stereocenters. The lowest BCUT2D eigenvalue weighted by atomic mass is 10.0. The minimum atomic E-state index is -0.218. The fourth-order valence-corrected chi connectivity index (χ4v) is 2.43. The fraction of sp³-hybridized carbons (Fsp3) is 0.429. The van der Waals surface area contributed by atoms with Crippen molar-refractivity contribution in [1.82, 2.24) is 4.90 Å². The van der Waals surface area contributed by atoms with Crippen molar-refractivity contribution in [2.75, 3.05) is 7.05 Å². The Morgan fingerprint density at radius 2 is 2.29 bits per heavy atom. The number of hydrogen-bond donors (Lipinski definition) is 0. The molecular weight excluding hydrogens is 237 g/mol. The van der Waals surface area contributed by atoms with Crippen LogP contribution in [0.25, 0.3) is 0 Å². The lowest BCUT2D eigenvalue weighted by Gasteiger charge is -2.28. The summed E-state index contributed by atoms with van der Waals surface area (Å²) in [5.74, 6) is -0.218. The van der Waals surface area contributed by atoms with Crippen LogP contribution in [0.15, 0.2) is 30.4 Å². The number of halogens is 2. The molecule has 0 aliphatic heterocycles. The van der Waals surface area contributed by atoms with Crippen LogP contribution in [-0.2, 0) is 6.54 Å². The number of nitrogens with zero attached hydrogens (tertiary/aromatic N) is 1. The summed E-state index contributed by atoms with van der Waals surface area (Å²) in [7, 11) is 2.02. The van der Waals surface area contributed by atoms with Crippen LogP contribution in [0, 0.1) is 5.82 Å². The lowest BCUT2D eigenvalue weighted by Crippen LogP contribution is -2.31. The van der Waals surface area contributed by atoms with Gasteiger partial charge in [0.2, 0.25) is 0 Å². The van der Waals surface area contributed by atoms with E-state index in [0.717, 1.165) is 12.8 Å². The zero-order chi connectivity index (χ0) is 12.3. The van der Waals surface area contributed by atoms with Crippen molar-refractivity contribution in [3.05, 3.63) is 46.8 Å². The third-order valence-corrected chi connectivity index (χ3v) is 3.62. The Labute approximate surface area is 107 Å². The van der Waals surface area contributed by atoms with Crippen molar-refractivity contribution in [2.45, 2.75) is 31.8 Å². The van der Waals surface area contributed by atoms with Gasteiger partial charge < -0.3 is 0 Å². The molecule has 1 aromatic rings. The minimum absolute atomic E-state index is 0.218. The quantitative estimate of drug-likeness (QED) is 0.736. The van der Waals surface area contributed by atoms with Crippen LogP contribution in [0.4, 0.5) is 4.39 Å². The summed E-state index contributed by atoms with van der Waals surface area (Å²) in [5, 5.41) is 0.511. The third kappa shape index (κ3) is 3.08. The number of rotatable bonds is 3. The average Bonchev–Trinajstić information content (AvgIpc) is 2.35. The van der Waals surface area contributed by atoms with Crippen molar-refractivity contribution in [3.8, 4) is 0 Å². The Kier molecular flexibility index (Phi) is 4.19. The van der Waals surface area contributed by atoms with Gasteiger partial charge in [-0.3, -0.25) is 4.90 Å². The second-order valence-electron chi connectivity index (χ2n) is 4.54. The van der Waals surface area contributed by atoms with Crippen LogP contribution in [0.2, 0.25) is 5.02 Å². The molecule has 0 aromatic heterocycles. The largest absolute Gasteiger partial charge is 0.296 e. The van der Waals surface area contributed by atoms with Crippen LogP contribution in [0.1, 0.15) is 24.8 Å². The average molecular weight is 254 g/mol. The van der Waals surface area contributed by atoms with Gasteiger partial charge in [0.05, 0.1) is 0 Å². The molecule has 2 rings (SSSR count). The molecule has 0 N–H and O–H groups in total. The van der Waals surface area contributed by atoms with E-state index in [-0.39, 0.29) is 5.82 Å². The Hall–Kier alpha value is -0.860. The molecule has 92 valence electrons. The summed E-state index contributed by atoms with van der Waals surface area (Å²) < 4.78 is 13.6. The lowest BCUT2D eigenvalue weighted by molar-refractivity contribution is 0.251. The van der Waals surface area contributed by atoms with Crippen LogP contribution < -0.4 is 0 Å². The molecule has 17 heavy (non-hydrogen) atoms. The Bertz CT molecular complexity index is 396. The van der Waals surface area contributed by atoms with Crippen molar-refractivity contribution in [2.24, 2.45) is 0 Å². The number of hydrogen-bond acceptors (Lipinski definition) is 1. The first kappa shape index (κ1) is 12.6. The van der Waals surface area contributed by atoms with E-state index < -0.39 is 0 Å². The van der Waals surface area contributed by atoms with Gasteiger partial charge in [0.15, 0.2) is 0 Å². The van der Waals surface area contributed by atoms with Crippen LogP contribution >= 0.6 is 11.6 Å². The molecule has 0 spiro atoms. The molecular formula is C14H17ClFN. The van der Waals surface area contributed by atoms with Crippen molar-refractivity contribution in [3.63, 3.8) is 0 Å². The maximum Gasteiger partial charge on any atom is 0.129 e. The fourth-order valence-electron chi connectivity index (χ4n) is 2.21. The van der Waals surface area contributed by atoms with E-state index in [2.05, 4.69) is 17.1 Å². The van der Waals surface area contributed by atoms with Gasteiger partial charge in [-0.15, -0.1) is 0 Å². The van der Waals surface area contributed by atoms with Gasteiger partial charge >= 0.3 is 0 Å². The van der Waals surface area contributed by atoms with Crippen molar-refractivity contribution in [1.29, 1.82) is 0 Å². The first-order chi connectivity index (χ1) is 8.18. The van der Waals surface area contributed by atoms with E-state index in [1.807, 2.05) is 7.05 Å². The molecule has 0 saturated carbocycles. The molecule has 1 aliphatic carbocycles. The summed E-state index contributed by atoms with van der Waals surface area (Å²) in [6, 6.07) is 5.25. The number of likely N-dealkylation sites (N-methyl/N-ethyl adjacent to an activating group) is 1. The van der Waals surface area contributed by atoms with Gasteiger partial charge in [-0.2, -0.15) is 0 Å². The second kappa shape index (κ2) is 5.65. The highest BCUT2D eigenvalue weighted by molar-refractivity contribution is 6.31. The van der Waals surface area contributed by atoms with Gasteiger partial charge in [-0.05, 0) is 38.4 Å². The summed E-state index contributed by atoms with van der Waals surface area (Å²) in [4.78, 5) is 2.15. The van der Waals surface area contributed by atoms with Gasteiger partial charge in [0.25, 0.3) is 0 Å². The maximum absolute atomic E-state index is 13.6. The van der Waals surface area contributed by atoms with E-state index in [1.54, 1.807) is 12.1 Å². The van der Waals surface area contributed by atoms with Gasteiger partial charge in [0.1, 0.15) is 5.82 Å². The summed E-state index contributed by atoms with van der Waals surface area (Å²) >= 11 is 6.03. The second-order valence-corrected chi connectivity index (χ2v) is 4.95. The Morgan fingerprint density at radius 1 is 1.47 bits per heavy atom. The third-order valence-electron chi connectivity index (χ3n) is 3.26. The zero-order valence-corrected chi connectivity index (χ0v) is 10.8. The van der Waals surface area contributed by atoms with Crippen molar-refractivity contribution < 1.29 is 4.39 Å². The summed E-state index contributed by atoms with van der Waals surface area (Å²) in [6.45, 7) is 0.556. The molecule has 1 atom stereocenters. The minimum Gasteiger partial charge on any atom is -0.296 e. The monoisotopic (exact) mass is 253 g/mol. The predicted molar refractivity (Wildman–Crippen MR) is 69.7 cm³/mol. The molecule has 1 aromatic carbocycles. The highest BCUT2D eigenvalue weighted by Crippen LogP contribution is 2.23. The van der Waals surface area contributed by atoms with Crippen LogP contribution in [0.5, 0.6) is 0 Å². The van der Waals surface area contributed by atoms with Crippen LogP contribution in [0.3, 0.4) is 0 Å². The van der Waals surface area contributed by atoms with Crippen LogP contribution in [-0.4, -0.2) is 18.0 Å². The molecule has 3 heteroatoms. The molecule has 0 bridgehead atoms. The first-order valence-corrected chi connectivity index (χ1v) is 6.36. The molecule has 0 heterocycles. The Morgan fingerprint density at radius 3 is 2.94 bits per heavy atom. The standard InChI is InChI=1S/C14H17ClFN/c1-17(11-6-3-2-4-7-11)10-12-13(15)8-5-9-14(12)16/h3,5-6,8-9,11H,2,4,7,10H2,1H3. The molecule has 0 fully saturated rings. The predicted octanol–water partition coefficient (Wildman–Crippen LogP) is 4.02. The van der Waals surface area contributed by atoms with Crippen molar-refractivity contribution >= 4 is 11.6 Å². The van der Waals surface area contributed by atoms with Gasteiger partial charge in [-0.25, -0.2) is 4.39 Å². The smallest absolute Gasteiger partial charge is 0.129 e. The molecule has 0 saturated heterocycles. The highest BCUT2D eigenvalue weighted by atomic mass is 35.5. The molecule has 0 amide bonds. The number of benzene rings is 1. The van der Waals surface area contributed by atoms with E-state index in [9.17, 15) is 4.39 Å². The SMILES string of the molecule is CN(Cc1c(F)cccc1Cl)C1C=CCCC1. The van der Waals surface area contributed by atoms with Gasteiger partial charge in [0, 0.05) is 23.2 Å². The highest BCUT2D eigenvalue weighted by Gasteiger charge is 2.16. The topological polar surface area (TPSA) is 3.24 Å². The zero-order valence-electron chi connectivity index (χ0n) is 10.00. The summed E-state index contributed by atoms with van der Waals surface area (Å²) in [6.07, 6.45) is 7.91. The van der Waals surface area contributed by atoms with Gasteiger partial charge in [-0.1, -0.05) is 29.8 Å². The first-order valence-electron chi connectivity index (χ1n) is 5.98. The molecule has 1 nitrogen and oxygen atoms in total. The maximum atomic E-state index is 13.6.